The van der Waals surface area contributed by atoms with Crippen LogP contribution >= 0.6 is 0 Å². The lowest BCUT2D eigenvalue weighted by Crippen LogP contribution is -2.39. The summed E-state index contributed by atoms with van der Waals surface area (Å²) in [5.74, 6) is -0.889. The van der Waals surface area contributed by atoms with E-state index in [-0.39, 0.29) is 19.6 Å². The van der Waals surface area contributed by atoms with Crippen molar-refractivity contribution in [1.29, 1.82) is 0 Å². The normalized spacial score (nSPS) is 11.6. The number of hydrogen-bond donors (Lipinski definition) is 4. The van der Waals surface area contributed by atoms with Crippen molar-refractivity contribution in [2.45, 2.75) is 18.9 Å². The van der Waals surface area contributed by atoms with E-state index in [4.69, 9.17) is 5.11 Å². The first-order valence-electron chi connectivity index (χ1n) is 6.05. The molecule has 0 radical (unpaired) electrons. The van der Waals surface area contributed by atoms with Gasteiger partial charge >= 0.3 is 12.0 Å². The second-order valence-corrected chi connectivity index (χ2v) is 4.04. The van der Waals surface area contributed by atoms with Gasteiger partial charge in [0.15, 0.2) is 0 Å². The second-order valence-electron chi connectivity index (χ2n) is 4.04. The van der Waals surface area contributed by atoms with Gasteiger partial charge in [0.2, 0.25) is 0 Å². The van der Waals surface area contributed by atoms with Crippen LogP contribution in [-0.2, 0) is 4.79 Å². The number of rotatable bonds is 7. The van der Waals surface area contributed by atoms with Crippen LogP contribution in [0.15, 0.2) is 30.3 Å². The molecule has 0 aliphatic rings. The van der Waals surface area contributed by atoms with E-state index in [1.807, 2.05) is 30.3 Å². The number of nitrogens with one attached hydrogen (secondary N) is 2. The van der Waals surface area contributed by atoms with Crippen LogP contribution < -0.4 is 10.6 Å². The van der Waals surface area contributed by atoms with Gasteiger partial charge in [0.05, 0.1) is 12.6 Å². The summed E-state index contributed by atoms with van der Waals surface area (Å²) in [6, 6.07) is 8.23. The van der Waals surface area contributed by atoms with E-state index in [1.165, 1.54) is 0 Å². The summed E-state index contributed by atoms with van der Waals surface area (Å²) in [6.07, 6.45) is 0.389. The van der Waals surface area contributed by atoms with Gasteiger partial charge in [0.1, 0.15) is 0 Å². The number of carboxylic acid groups (broad SMARTS) is 1. The third kappa shape index (κ3) is 5.87. The third-order valence-corrected chi connectivity index (χ3v) is 2.54. The number of carbonyl (C=O) groups is 2. The van der Waals surface area contributed by atoms with Crippen molar-refractivity contribution in [3.05, 3.63) is 35.9 Å². The molecule has 104 valence electrons. The summed E-state index contributed by atoms with van der Waals surface area (Å²) in [5.41, 5.74) is 0.811. The van der Waals surface area contributed by atoms with E-state index >= 15 is 0 Å². The van der Waals surface area contributed by atoms with E-state index in [9.17, 15) is 14.7 Å². The van der Waals surface area contributed by atoms with Gasteiger partial charge < -0.3 is 20.8 Å². The Kier molecular flexibility index (Phi) is 6.38. The van der Waals surface area contributed by atoms with Gasteiger partial charge in [0, 0.05) is 13.0 Å². The fourth-order valence-corrected chi connectivity index (χ4v) is 1.57. The van der Waals surface area contributed by atoms with Gasteiger partial charge in [-0.15, -0.1) is 0 Å². The number of aliphatic hydroxyl groups is 1. The van der Waals surface area contributed by atoms with E-state index < -0.39 is 18.0 Å². The molecule has 0 spiro atoms. The summed E-state index contributed by atoms with van der Waals surface area (Å²) in [4.78, 5) is 21.8. The summed E-state index contributed by atoms with van der Waals surface area (Å²) in [7, 11) is 0. The summed E-state index contributed by atoms with van der Waals surface area (Å²) >= 11 is 0. The molecule has 1 unspecified atom stereocenters. The highest BCUT2D eigenvalue weighted by Gasteiger charge is 2.12. The molecule has 0 aliphatic heterocycles. The zero-order valence-electron chi connectivity index (χ0n) is 10.5. The number of urea groups is 1. The van der Waals surface area contributed by atoms with Gasteiger partial charge in [-0.2, -0.15) is 0 Å². The van der Waals surface area contributed by atoms with E-state index in [0.29, 0.717) is 6.42 Å². The first kappa shape index (κ1) is 15.0. The summed E-state index contributed by atoms with van der Waals surface area (Å²) in [5, 5.41) is 22.9. The molecule has 0 heterocycles. The highest BCUT2D eigenvalue weighted by atomic mass is 16.4. The molecular weight excluding hydrogens is 248 g/mol. The number of aliphatic carboxylic acids is 1. The monoisotopic (exact) mass is 266 g/mol. The lowest BCUT2D eigenvalue weighted by molar-refractivity contribution is -0.137. The van der Waals surface area contributed by atoms with Crippen molar-refractivity contribution in [3.8, 4) is 0 Å². The van der Waals surface area contributed by atoms with Crippen LogP contribution in [0.5, 0.6) is 0 Å². The third-order valence-electron chi connectivity index (χ3n) is 2.54. The maximum Gasteiger partial charge on any atom is 0.315 e. The summed E-state index contributed by atoms with van der Waals surface area (Å²) in [6.45, 7) is 0.0810. The molecule has 4 N–H and O–H groups in total. The van der Waals surface area contributed by atoms with Gasteiger partial charge in [0.25, 0.3) is 0 Å². The zero-order chi connectivity index (χ0) is 14.1. The Balaban J connectivity index is 2.35. The fourth-order valence-electron chi connectivity index (χ4n) is 1.57. The van der Waals surface area contributed by atoms with Crippen LogP contribution in [0.25, 0.3) is 0 Å². The van der Waals surface area contributed by atoms with Crippen LogP contribution in [0, 0.1) is 0 Å². The van der Waals surface area contributed by atoms with Crippen molar-refractivity contribution in [2.24, 2.45) is 0 Å². The minimum absolute atomic E-state index is 0.0163. The van der Waals surface area contributed by atoms with Crippen LogP contribution in [-0.4, -0.2) is 35.4 Å². The van der Waals surface area contributed by atoms with Crippen LogP contribution in [0.2, 0.25) is 0 Å². The smallest absolute Gasteiger partial charge is 0.315 e. The Labute approximate surface area is 111 Å². The number of aliphatic hydroxyl groups excluding tert-OH is 1. The molecule has 0 aliphatic carbocycles. The van der Waals surface area contributed by atoms with E-state index in [0.717, 1.165) is 5.56 Å². The molecule has 0 saturated carbocycles. The first-order valence-corrected chi connectivity index (χ1v) is 6.05. The number of benzene rings is 1. The van der Waals surface area contributed by atoms with Gasteiger partial charge in [-0.05, 0) is 12.0 Å². The van der Waals surface area contributed by atoms with Gasteiger partial charge in [-0.3, -0.25) is 4.79 Å². The highest BCUT2D eigenvalue weighted by Crippen LogP contribution is 2.10. The Morgan fingerprint density at radius 2 is 1.89 bits per heavy atom. The fraction of sp³-hybridized carbons (Fsp3) is 0.385. The lowest BCUT2D eigenvalue weighted by atomic mass is 10.1. The largest absolute Gasteiger partial charge is 0.481 e. The number of hydrogen-bond acceptors (Lipinski definition) is 3. The van der Waals surface area contributed by atoms with Crippen LogP contribution in [0.3, 0.4) is 0 Å². The van der Waals surface area contributed by atoms with Crippen molar-refractivity contribution in [1.82, 2.24) is 10.6 Å². The van der Waals surface area contributed by atoms with E-state index in [2.05, 4.69) is 10.6 Å². The minimum Gasteiger partial charge on any atom is -0.481 e. The van der Waals surface area contributed by atoms with Crippen molar-refractivity contribution in [3.63, 3.8) is 0 Å². The van der Waals surface area contributed by atoms with Gasteiger partial charge in [-0.25, -0.2) is 4.79 Å². The number of carboxylic acids is 1. The molecule has 6 nitrogen and oxygen atoms in total. The molecule has 0 bridgehead atoms. The molecule has 6 heteroatoms. The SMILES string of the molecule is O=C(O)CCCNC(=O)NC(CO)c1ccccc1. The van der Waals surface area contributed by atoms with Gasteiger partial charge in [-0.1, -0.05) is 30.3 Å². The molecule has 0 aromatic heterocycles. The molecule has 19 heavy (non-hydrogen) atoms. The lowest BCUT2D eigenvalue weighted by Gasteiger charge is -2.17. The van der Waals surface area contributed by atoms with Crippen molar-refractivity contribution in [2.75, 3.05) is 13.2 Å². The van der Waals surface area contributed by atoms with Crippen LogP contribution in [0.1, 0.15) is 24.4 Å². The van der Waals surface area contributed by atoms with E-state index in [1.54, 1.807) is 0 Å². The number of amides is 2. The van der Waals surface area contributed by atoms with Crippen LogP contribution in [0.4, 0.5) is 4.79 Å². The molecule has 1 aromatic rings. The average molecular weight is 266 g/mol. The summed E-state index contributed by atoms with van der Waals surface area (Å²) < 4.78 is 0. The topological polar surface area (TPSA) is 98.7 Å². The predicted octanol–water partition coefficient (Wildman–Crippen LogP) is 0.884. The first-order chi connectivity index (χ1) is 9.13. The Bertz CT molecular complexity index is 408. The van der Waals surface area contributed by atoms with Crippen molar-refractivity contribution < 1.29 is 19.8 Å². The molecule has 1 aromatic carbocycles. The maximum absolute atomic E-state index is 11.5. The highest BCUT2D eigenvalue weighted by molar-refractivity contribution is 5.74. The molecule has 1 atom stereocenters. The molecule has 0 fully saturated rings. The molecule has 1 rings (SSSR count). The maximum atomic E-state index is 11.5. The second kappa shape index (κ2) is 8.10. The number of carbonyl (C=O) groups excluding carboxylic acids is 1. The van der Waals surface area contributed by atoms with Crippen molar-refractivity contribution >= 4 is 12.0 Å². The predicted molar refractivity (Wildman–Crippen MR) is 69.7 cm³/mol. The molecule has 0 saturated heterocycles. The standard InChI is InChI=1S/C13H18N2O4/c16-9-11(10-5-2-1-3-6-10)15-13(19)14-8-4-7-12(17)18/h1-3,5-6,11,16H,4,7-9H2,(H,17,18)(H2,14,15,19). The minimum atomic E-state index is -0.889. The molecule has 2 amide bonds. The Morgan fingerprint density at radius 1 is 1.21 bits per heavy atom. The average Bonchev–Trinajstić information content (AvgIpc) is 2.41. The molecular formula is C13H18N2O4. The quantitative estimate of drug-likeness (QED) is 0.551. The Morgan fingerprint density at radius 3 is 2.47 bits per heavy atom. The zero-order valence-corrected chi connectivity index (χ0v) is 10.5. The Hall–Kier alpha value is -2.08.